The molecule has 1 saturated carbocycles. The van der Waals surface area contributed by atoms with Crippen molar-refractivity contribution in [2.45, 2.75) is 69.6 Å². The zero-order chi connectivity index (χ0) is 23.4. The molecular weight excluding hydrogens is 454 g/mol. The van der Waals surface area contributed by atoms with Crippen LogP contribution in [0.25, 0.3) is 10.4 Å². The highest BCUT2D eigenvalue weighted by Gasteiger charge is 2.23. The van der Waals surface area contributed by atoms with Gasteiger partial charge in [0, 0.05) is 36.1 Å². The molecule has 176 valence electrons. The smallest absolute Gasteiger partial charge is 0.241 e. The normalized spacial score (nSPS) is 15.2. The largest absolute Gasteiger partial charge is 0.339 e. The van der Waals surface area contributed by atoms with Crippen molar-refractivity contribution in [3.05, 3.63) is 47.5 Å². The van der Waals surface area contributed by atoms with E-state index >= 15 is 0 Å². The van der Waals surface area contributed by atoms with Crippen molar-refractivity contribution in [3.8, 4) is 10.4 Å². The van der Waals surface area contributed by atoms with E-state index < -0.39 is 10.0 Å². The van der Waals surface area contributed by atoms with Gasteiger partial charge in [0.2, 0.25) is 10.0 Å². The minimum absolute atomic E-state index is 0.237. The number of rotatable bonds is 8. The number of nitrogens with one attached hydrogen (secondary N) is 2. The molecule has 0 saturated heterocycles. The van der Waals surface area contributed by atoms with Crippen molar-refractivity contribution in [3.63, 3.8) is 0 Å². The molecule has 2 N–H and O–H groups in total. The van der Waals surface area contributed by atoms with Gasteiger partial charge in [0.05, 0.1) is 26.7 Å². The fraction of sp³-hybridized carbons (Fsp3) is 0.458. The van der Waals surface area contributed by atoms with Crippen LogP contribution >= 0.6 is 11.3 Å². The van der Waals surface area contributed by atoms with Crippen LogP contribution in [0.1, 0.15) is 75.4 Å². The summed E-state index contributed by atoms with van der Waals surface area (Å²) in [6.07, 6.45) is 11.3. The predicted octanol–water partition coefficient (Wildman–Crippen LogP) is 5.81. The van der Waals surface area contributed by atoms with Crippen LogP contribution in [0.5, 0.6) is 0 Å². The highest BCUT2D eigenvalue weighted by atomic mass is 32.2. The van der Waals surface area contributed by atoms with Gasteiger partial charge in [-0.05, 0) is 30.9 Å². The molecule has 1 fully saturated rings. The molecule has 0 atom stereocenters. The lowest BCUT2D eigenvalue weighted by Crippen LogP contribution is -2.23. The highest BCUT2D eigenvalue weighted by molar-refractivity contribution is 7.89. The second kappa shape index (κ2) is 10.3. The summed E-state index contributed by atoms with van der Waals surface area (Å²) in [6.45, 7) is 6.21. The standard InChI is InChI=1S/C24H31N5O2S2/c1-4-27-33(30,31)22-12-18(28-23-15-25-13-20(29-23)16(2)3)10-11-19(22)21-14-26-24(32-21)17-8-6-5-7-9-17/h10-17,27H,4-9H2,1-3H3,(H,28,29). The van der Waals surface area contributed by atoms with Gasteiger partial charge in [-0.1, -0.05) is 46.1 Å². The monoisotopic (exact) mass is 485 g/mol. The molecule has 9 heteroatoms. The molecule has 0 radical (unpaired) electrons. The second-order valence-electron chi connectivity index (χ2n) is 8.72. The lowest BCUT2D eigenvalue weighted by atomic mass is 9.90. The summed E-state index contributed by atoms with van der Waals surface area (Å²) in [5.74, 6) is 1.31. The lowest BCUT2D eigenvalue weighted by molar-refractivity contribution is 0.442. The third-order valence-electron chi connectivity index (χ3n) is 5.87. The van der Waals surface area contributed by atoms with Gasteiger partial charge in [0.15, 0.2) is 0 Å². The first kappa shape index (κ1) is 23.8. The minimum atomic E-state index is -3.69. The van der Waals surface area contributed by atoms with Gasteiger partial charge in [-0.2, -0.15) is 0 Å². The zero-order valence-corrected chi connectivity index (χ0v) is 21.0. The quantitative estimate of drug-likeness (QED) is 0.418. The highest BCUT2D eigenvalue weighted by Crippen LogP contribution is 2.39. The fourth-order valence-electron chi connectivity index (χ4n) is 4.11. The van der Waals surface area contributed by atoms with Crippen LogP contribution in [0.15, 0.2) is 41.7 Å². The topological polar surface area (TPSA) is 96.9 Å². The maximum atomic E-state index is 13.1. The van der Waals surface area contributed by atoms with E-state index in [1.165, 1.54) is 19.3 Å². The molecule has 4 rings (SSSR count). The van der Waals surface area contributed by atoms with Gasteiger partial charge in [0.25, 0.3) is 0 Å². The first-order valence-corrected chi connectivity index (χ1v) is 13.9. The van der Waals surface area contributed by atoms with Crippen LogP contribution in [0.3, 0.4) is 0 Å². The summed E-state index contributed by atoms with van der Waals surface area (Å²) in [5, 5.41) is 4.32. The first-order valence-electron chi connectivity index (χ1n) is 11.6. The Kier molecular flexibility index (Phi) is 7.41. The first-order chi connectivity index (χ1) is 15.9. The van der Waals surface area contributed by atoms with Crippen LogP contribution in [0.2, 0.25) is 0 Å². The number of hydrogen-bond donors (Lipinski definition) is 2. The molecule has 0 bridgehead atoms. The zero-order valence-electron chi connectivity index (χ0n) is 19.3. The molecule has 1 aliphatic rings. The Bertz CT molecular complexity index is 1200. The molecule has 1 aromatic carbocycles. The SMILES string of the molecule is CCNS(=O)(=O)c1cc(Nc2cncc(C(C)C)n2)ccc1-c1cnc(C2CCCCC2)s1. The van der Waals surface area contributed by atoms with Crippen LogP contribution in [0.4, 0.5) is 11.5 Å². The Morgan fingerprint density at radius 1 is 1.12 bits per heavy atom. The molecule has 2 heterocycles. The molecule has 0 amide bonds. The summed E-state index contributed by atoms with van der Waals surface area (Å²) in [5.41, 5.74) is 2.18. The third-order valence-corrected chi connectivity index (χ3v) is 8.64. The van der Waals surface area contributed by atoms with Crippen molar-refractivity contribution >= 4 is 32.9 Å². The number of sulfonamides is 1. The maximum absolute atomic E-state index is 13.1. The number of anilines is 2. The van der Waals surface area contributed by atoms with Crippen LogP contribution in [-0.2, 0) is 10.0 Å². The molecule has 1 aliphatic carbocycles. The van der Waals surface area contributed by atoms with E-state index in [0.29, 0.717) is 29.5 Å². The molecule has 3 aromatic rings. The van der Waals surface area contributed by atoms with Gasteiger partial charge in [0.1, 0.15) is 5.82 Å². The van der Waals surface area contributed by atoms with E-state index in [0.717, 1.165) is 28.4 Å². The Labute approximate surface area is 200 Å². The van der Waals surface area contributed by atoms with E-state index in [-0.39, 0.29) is 10.8 Å². The number of aromatic nitrogens is 3. The molecule has 7 nitrogen and oxygen atoms in total. The Hall–Kier alpha value is -2.36. The van der Waals surface area contributed by atoms with Crippen LogP contribution < -0.4 is 10.0 Å². The van der Waals surface area contributed by atoms with E-state index in [2.05, 4.69) is 38.8 Å². The number of nitrogens with zero attached hydrogens (tertiary/aromatic N) is 3. The van der Waals surface area contributed by atoms with Crippen molar-refractivity contribution in [2.24, 2.45) is 0 Å². The van der Waals surface area contributed by atoms with Gasteiger partial charge in [-0.25, -0.2) is 23.1 Å². The molecule has 0 aliphatic heterocycles. The van der Waals surface area contributed by atoms with E-state index in [4.69, 9.17) is 0 Å². The summed E-state index contributed by atoms with van der Waals surface area (Å²) in [6, 6.07) is 5.39. The third kappa shape index (κ3) is 5.59. The number of benzene rings is 1. The fourth-order valence-corrected chi connectivity index (χ4v) is 6.59. The van der Waals surface area contributed by atoms with E-state index in [9.17, 15) is 8.42 Å². The Balaban J connectivity index is 1.69. The number of hydrogen-bond acceptors (Lipinski definition) is 7. The number of thiazole rings is 1. The molecule has 0 spiro atoms. The Morgan fingerprint density at radius 2 is 1.91 bits per heavy atom. The van der Waals surface area contributed by atoms with Gasteiger partial charge in [-0.3, -0.25) is 4.98 Å². The molecule has 0 unspecified atom stereocenters. The summed E-state index contributed by atoms with van der Waals surface area (Å²) < 4.78 is 28.8. The van der Waals surface area contributed by atoms with Crippen LogP contribution in [-0.4, -0.2) is 29.9 Å². The van der Waals surface area contributed by atoms with Crippen LogP contribution in [0, 0.1) is 0 Å². The van der Waals surface area contributed by atoms with Crippen molar-refractivity contribution < 1.29 is 8.42 Å². The minimum Gasteiger partial charge on any atom is -0.339 e. The molecule has 33 heavy (non-hydrogen) atoms. The van der Waals surface area contributed by atoms with Gasteiger partial charge in [-0.15, -0.1) is 11.3 Å². The van der Waals surface area contributed by atoms with Crippen molar-refractivity contribution in [2.75, 3.05) is 11.9 Å². The molecule has 2 aromatic heterocycles. The average molecular weight is 486 g/mol. The van der Waals surface area contributed by atoms with Gasteiger partial charge >= 0.3 is 0 Å². The molecular formula is C24H31N5O2S2. The van der Waals surface area contributed by atoms with E-state index in [1.807, 2.05) is 18.3 Å². The predicted molar refractivity (Wildman–Crippen MR) is 134 cm³/mol. The summed E-state index contributed by atoms with van der Waals surface area (Å²) in [4.78, 5) is 14.6. The van der Waals surface area contributed by atoms with Crippen molar-refractivity contribution in [1.29, 1.82) is 0 Å². The maximum Gasteiger partial charge on any atom is 0.241 e. The van der Waals surface area contributed by atoms with Crippen molar-refractivity contribution in [1.82, 2.24) is 19.7 Å². The second-order valence-corrected chi connectivity index (χ2v) is 11.5. The van der Waals surface area contributed by atoms with Gasteiger partial charge < -0.3 is 5.32 Å². The lowest BCUT2D eigenvalue weighted by Gasteiger charge is -2.18. The summed E-state index contributed by atoms with van der Waals surface area (Å²) >= 11 is 1.61. The average Bonchev–Trinajstić information content (AvgIpc) is 3.30. The Morgan fingerprint density at radius 3 is 2.64 bits per heavy atom. The van der Waals surface area contributed by atoms with E-state index in [1.54, 1.807) is 36.7 Å². The summed E-state index contributed by atoms with van der Waals surface area (Å²) in [7, 11) is -3.69.